The van der Waals surface area contributed by atoms with E-state index in [-0.39, 0.29) is 23.1 Å². The Morgan fingerprint density at radius 2 is 2.11 bits per heavy atom. The van der Waals surface area contributed by atoms with Crippen LogP contribution in [0.3, 0.4) is 0 Å². The Balaban J connectivity index is 2.36. The highest BCUT2D eigenvalue weighted by atomic mass is 35.5. The zero-order chi connectivity index (χ0) is 21.1. The van der Waals surface area contributed by atoms with Gasteiger partial charge in [0.25, 0.3) is 0 Å². The van der Waals surface area contributed by atoms with Crippen LogP contribution in [0.1, 0.15) is 5.69 Å². The number of rotatable bonds is 7. The minimum atomic E-state index is -3.62. The van der Waals surface area contributed by atoms with E-state index in [1.165, 1.54) is 30.9 Å². The molecule has 1 aromatic heterocycles. The zero-order valence-electron chi connectivity index (χ0n) is 15.5. The molecule has 0 unspecified atom stereocenters. The van der Waals surface area contributed by atoms with Crippen LogP contribution in [-0.2, 0) is 16.6 Å². The van der Waals surface area contributed by atoms with Gasteiger partial charge in [-0.05, 0) is 30.7 Å². The molecule has 11 heteroatoms. The molecular weight excluding hydrogens is 411 g/mol. The summed E-state index contributed by atoms with van der Waals surface area (Å²) in [6, 6.07) is 6.25. The van der Waals surface area contributed by atoms with Crippen LogP contribution in [0, 0.1) is 6.92 Å². The van der Waals surface area contributed by atoms with E-state index in [0.717, 1.165) is 10.4 Å². The molecule has 0 atom stereocenters. The number of benzene rings is 1. The molecule has 0 saturated carbocycles. The number of nitrogens with one attached hydrogen (secondary N) is 1. The summed E-state index contributed by atoms with van der Waals surface area (Å²) in [5.74, 6) is -0.591. The minimum absolute atomic E-state index is 0.101. The molecule has 1 heterocycles. The summed E-state index contributed by atoms with van der Waals surface area (Å²) in [4.78, 5) is 10.5. The van der Waals surface area contributed by atoms with Gasteiger partial charge in [-0.1, -0.05) is 23.7 Å². The van der Waals surface area contributed by atoms with Gasteiger partial charge in [0.1, 0.15) is 5.83 Å². The molecule has 2 aromatic rings. The number of sulfonamides is 1. The average Bonchev–Trinajstić information content (AvgIpc) is 2.88. The van der Waals surface area contributed by atoms with Gasteiger partial charge in [-0.3, -0.25) is 4.68 Å². The Morgan fingerprint density at radius 1 is 1.43 bits per heavy atom. The predicted molar refractivity (Wildman–Crippen MR) is 104 cm³/mol. The fourth-order valence-electron chi connectivity index (χ4n) is 2.47. The van der Waals surface area contributed by atoms with Crippen LogP contribution < -0.4 is 5.32 Å². The maximum absolute atomic E-state index is 14.0. The van der Waals surface area contributed by atoms with E-state index in [1.807, 2.05) is 5.32 Å². The third-order valence-electron chi connectivity index (χ3n) is 3.94. The van der Waals surface area contributed by atoms with E-state index in [4.69, 9.17) is 16.7 Å². The van der Waals surface area contributed by atoms with Crippen LogP contribution in [0.2, 0.25) is 5.15 Å². The SMILES string of the molecule is Cc1c(-c2cccc(S(=O)(=O)N(C)C)c2)c(Cl)nn1C/C(F)=C/CNC(=O)O. The monoisotopic (exact) mass is 430 g/mol. The van der Waals surface area contributed by atoms with Crippen molar-refractivity contribution in [2.75, 3.05) is 20.6 Å². The second-order valence-corrected chi connectivity index (χ2v) is 8.57. The molecule has 0 aliphatic carbocycles. The topological polar surface area (TPSA) is 105 Å². The number of aromatic nitrogens is 2. The molecule has 8 nitrogen and oxygen atoms in total. The maximum atomic E-state index is 14.0. The first-order chi connectivity index (χ1) is 13.0. The Morgan fingerprint density at radius 3 is 2.71 bits per heavy atom. The summed E-state index contributed by atoms with van der Waals surface area (Å²) >= 11 is 6.22. The lowest BCUT2D eigenvalue weighted by atomic mass is 10.1. The quantitative estimate of drug-likeness (QED) is 0.702. The molecule has 0 spiro atoms. The van der Waals surface area contributed by atoms with Crippen molar-refractivity contribution in [2.45, 2.75) is 18.4 Å². The van der Waals surface area contributed by atoms with Crippen LogP contribution >= 0.6 is 11.6 Å². The lowest BCUT2D eigenvalue weighted by molar-refractivity contribution is 0.195. The lowest BCUT2D eigenvalue weighted by Crippen LogP contribution is -2.22. The first-order valence-electron chi connectivity index (χ1n) is 8.11. The van der Waals surface area contributed by atoms with Gasteiger partial charge in [0.15, 0.2) is 5.15 Å². The summed E-state index contributed by atoms with van der Waals surface area (Å²) in [6.45, 7) is 1.28. The van der Waals surface area contributed by atoms with Crippen LogP contribution in [0.25, 0.3) is 11.1 Å². The predicted octanol–water partition coefficient (Wildman–Crippen LogP) is 2.88. The van der Waals surface area contributed by atoms with Gasteiger partial charge in [0.2, 0.25) is 10.0 Å². The zero-order valence-corrected chi connectivity index (χ0v) is 17.1. The van der Waals surface area contributed by atoms with Crippen LogP contribution in [0.4, 0.5) is 9.18 Å². The summed E-state index contributed by atoms with van der Waals surface area (Å²) in [5, 5.41) is 14.7. The van der Waals surface area contributed by atoms with Crippen molar-refractivity contribution in [3.8, 4) is 11.1 Å². The van der Waals surface area contributed by atoms with E-state index in [0.29, 0.717) is 16.8 Å². The molecular formula is C17H20ClFN4O4S. The van der Waals surface area contributed by atoms with Crippen molar-refractivity contribution in [3.63, 3.8) is 0 Å². The molecule has 0 aliphatic rings. The summed E-state index contributed by atoms with van der Waals surface area (Å²) in [7, 11) is -0.749. The van der Waals surface area contributed by atoms with Crippen molar-refractivity contribution >= 4 is 27.7 Å². The summed E-state index contributed by atoms with van der Waals surface area (Å²) in [6.07, 6.45) is -0.162. The molecule has 1 aromatic carbocycles. The fourth-order valence-corrected chi connectivity index (χ4v) is 3.76. The van der Waals surface area contributed by atoms with Gasteiger partial charge in [-0.2, -0.15) is 5.10 Å². The maximum Gasteiger partial charge on any atom is 0.404 e. The van der Waals surface area contributed by atoms with Crippen molar-refractivity contribution in [2.24, 2.45) is 0 Å². The standard InChI is InChI=1S/C17H20ClFN4O4S/c1-11-15(12-5-4-6-14(9-12)28(26,27)22(2)3)16(18)21-23(11)10-13(19)7-8-20-17(24)25/h4-7,9,20H,8,10H2,1-3H3,(H,24,25)/b13-7-. The Kier molecular flexibility index (Phi) is 6.81. The number of carboxylic acid groups (broad SMARTS) is 1. The van der Waals surface area contributed by atoms with Crippen molar-refractivity contribution < 1.29 is 22.7 Å². The number of carbonyl (C=O) groups is 1. The first kappa shape index (κ1) is 21.9. The molecule has 0 radical (unpaired) electrons. The van der Waals surface area contributed by atoms with E-state index < -0.39 is 21.9 Å². The Labute approximate surface area is 167 Å². The lowest BCUT2D eigenvalue weighted by Gasteiger charge is -2.12. The smallest absolute Gasteiger partial charge is 0.404 e. The normalized spacial score (nSPS) is 12.4. The van der Waals surface area contributed by atoms with Gasteiger partial charge in [0, 0.05) is 31.9 Å². The highest BCUT2D eigenvalue weighted by Gasteiger charge is 2.20. The van der Waals surface area contributed by atoms with Crippen LogP contribution in [0.5, 0.6) is 0 Å². The Hall–Kier alpha value is -2.43. The van der Waals surface area contributed by atoms with Gasteiger partial charge in [0.05, 0.1) is 11.4 Å². The number of hydrogen-bond acceptors (Lipinski definition) is 4. The highest BCUT2D eigenvalue weighted by Crippen LogP contribution is 2.32. The minimum Gasteiger partial charge on any atom is -0.465 e. The Bertz CT molecular complexity index is 1020. The van der Waals surface area contributed by atoms with E-state index in [2.05, 4.69) is 5.10 Å². The third kappa shape index (κ3) is 4.89. The van der Waals surface area contributed by atoms with E-state index >= 15 is 0 Å². The third-order valence-corrected chi connectivity index (χ3v) is 6.02. The molecule has 0 saturated heterocycles. The summed E-state index contributed by atoms with van der Waals surface area (Å²) in [5.41, 5.74) is 1.57. The van der Waals surface area contributed by atoms with Gasteiger partial charge < -0.3 is 10.4 Å². The number of nitrogens with zero attached hydrogens (tertiary/aromatic N) is 3. The number of halogens is 2. The molecule has 0 fully saturated rings. The number of allylic oxidation sites excluding steroid dienone is 1. The molecule has 152 valence electrons. The average molecular weight is 431 g/mol. The van der Waals surface area contributed by atoms with Gasteiger partial charge in [-0.25, -0.2) is 21.9 Å². The second-order valence-electron chi connectivity index (χ2n) is 6.06. The van der Waals surface area contributed by atoms with Gasteiger partial charge in [-0.15, -0.1) is 0 Å². The van der Waals surface area contributed by atoms with E-state index in [1.54, 1.807) is 19.1 Å². The molecule has 28 heavy (non-hydrogen) atoms. The highest BCUT2D eigenvalue weighted by molar-refractivity contribution is 7.89. The largest absolute Gasteiger partial charge is 0.465 e. The number of amides is 1. The molecule has 1 amide bonds. The fraction of sp³-hybridized carbons (Fsp3) is 0.294. The first-order valence-corrected chi connectivity index (χ1v) is 9.93. The number of hydrogen-bond donors (Lipinski definition) is 2. The summed E-state index contributed by atoms with van der Waals surface area (Å²) < 4.78 is 41.2. The molecule has 2 N–H and O–H groups in total. The van der Waals surface area contributed by atoms with Crippen molar-refractivity contribution in [1.29, 1.82) is 0 Å². The molecule has 0 aliphatic heterocycles. The van der Waals surface area contributed by atoms with Crippen LogP contribution in [-0.4, -0.2) is 54.3 Å². The second kappa shape index (κ2) is 8.72. The van der Waals surface area contributed by atoms with E-state index in [9.17, 15) is 17.6 Å². The molecule has 2 rings (SSSR count). The van der Waals surface area contributed by atoms with Crippen molar-refractivity contribution in [3.05, 3.63) is 47.0 Å². The molecule has 0 bridgehead atoms. The van der Waals surface area contributed by atoms with Gasteiger partial charge >= 0.3 is 6.09 Å². The van der Waals surface area contributed by atoms with Crippen LogP contribution in [0.15, 0.2) is 41.1 Å². The van der Waals surface area contributed by atoms with Crippen molar-refractivity contribution in [1.82, 2.24) is 19.4 Å².